The Hall–Kier alpha value is -3.94. The van der Waals surface area contributed by atoms with Crippen LogP contribution >= 0.6 is 0 Å². The van der Waals surface area contributed by atoms with Crippen LogP contribution in [0.2, 0.25) is 0 Å². The minimum Gasteiger partial charge on any atom is -0.463 e. The van der Waals surface area contributed by atoms with Crippen LogP contribution in [0.1, 0.15) is 36.3 Å². The number of benzene rings is 1. The van der Waals surface area contributed by atoms with Gasteiger partial charge in [-0.05, 0) is 50.6 Å². The fourth-order valence-electron chi connectivity index (χ4n) is 3.59. The smallest absolute Gasteiger partial charge is 0.259 e. The van der Waals surface area contributed by atoms with Gasteiger partial charge in [0.25, 0.3) is 11.6 Å². The van der Waals surface area contributed by atoms with Crippen LogP contribution in [0.25, 0.3) is 22.6 Å². The number of fused-ring (bicyclic) bond motifs is 1. The molecule has 1 aromatic carbocycles. The number of furan rings is 1. The molecular formula is C24H24N4O4. The summed E-state index contributed by atoms with van der Waals surface area (Å²) in [7, 11) is 0. The van der Waals surface area contributed by atoms with Gasteiger partial charge in [-0.25, -0.2) is 4.98 Å². The molecule has 8 heteroatoms. The molecule has 0 aliphatic carbocycles. The fourth-order valence-corrected chi connectivity index (χ4v) is 3.59. The van der Waals surface area contributed by atoms with Gasteiger partial charge in [-0.1, -0.05) is 30.3 Å². The Morgan fingerprint density at radius 3 is 2.62 bits per heavy atom. The molecule has 3 aromatic heterocycles. The first kappa shape index (κ1) is 21.3. The number of nitrogens with zero attached hydrogens (tertiary/aromatic N) is 3. The van der Waals surface area contributed by atoms with Gasteiger partial charge in [-0.3, -0.25) is 9.59 Å². The Kier molecular flexibility index (Phi) is 6.02. The van der Waals surface area contributed by atoms with Gasteiger partial charge < -0.3 is 19.2 Å². The first-order valence-electron chi connectivity index (χ1n) is 10.5. The third kappa shape index (κ3) is 4.12. The lowest BCUT2D eigenvalue weighted by Crippen LogP contribution is -2.46. The average molecular weight is 432 g/mol. The third-order valence-electron chi connectivity index (χ3n) is 5.23. The lowest BCUT2D eigenvalue weighted by molar-refractivity contribution is -0.120. The molecule has 164 valence electrons. The van der Waals surface area contributed by atoms with E-state index in [-0.39, 0.29) is 17.5 Å². The Labute approximate surface area is 185 Å². The van der Waals surface area contributed by atoms with E-state index in [2.05, 4.69) is 15.5 Å². The highest BCUT2D eigenvalue weighted by Gasteiger charge is 2.29. The Morgan fingerprint density at radius 1 is 1.16 bits per heavy atom. The normalized spacial score (nSPS) is 12.0. The predicted molar refractivity (Wildman–Crippen MR) is 120 cm³/mol. The zero-order valence-corrected chi connectivity index (χ0v) is 18.2. The van der Waals surface area contributed by atoms with Crippen LogP contribution in [-0.4, -0.2) is 39.4 Å². The van der Waals surface area contributed by atoms with Crippen LogP contribution in [0.4, 0.5) is 5.69 Å². The van der Waals surface area contributed by atoms with Crippen molar-refractivity contribution in [1.82, 2.24) is 15.0 Å². The van der Waals surface area contributed by atoms with Gasteiger partial charge in [0.15, 0.2) is 5.76 Å². The fraction of sp³-hybridized carbons (Fsp3) is 0.250. The molecule has 1 atom stereocenters. The van der Waals surface area contributed by atoms with E-state index in [1.807, 2.05) is 25.1 Å². The average Bonchev–Trinajstić information content (AvgIpc) is 3.47. The number of aryl methyl sites for hydroxylation is 1. The molecule has 0 fully saturated rings. The maximum Gasteiger partial charge on any atom is 0.259 e. The van der Waals surface area contributed by atoms with Crippen LogP contribution in [0.15, 0.2) is 63.7 Å². The van der Waals surface area contributed by atoms with Crippen molar-refractivity contribution in [2.45, 2.75) is 33.2 Å². The zero-order valence-electron chi connectivity index (χ0n) is 18.2. The number of nitrogens with one attached hydrogen (secondary N) is 1. The molecule has 0 bridgehead atoms. The molecular weight excluding hydrogens is 408 g/mol. The maximum absolute atomic E-state index is 13.7. The summed E-state index contributed by atoms with van der Waals surface area (Å²) in [6, 6.07) is 13.6. The topological polar surface area (TPSA) is 101 Å². The summed E-state index contributed by atoms with van der Waals surface area (Å²) in [4.78, 5) is 32.7. The van der Waals surface area contributed by atoms with Crippen molar-refractivity contribution < 1.29 is 18.5 Å². The van der Waals surface area contributed by atoms with Crippen molar-refractivity contribution in [3.05, 3.63) is 66.1 Å². The number of carbonyl (C=O) groups is 2. The van der Waals surface area contributed by atoms with Crippen molar-refractivity contribution in [2.75, 3.05) is 11.9 Å². The summed E-state index contributed by atoms with van der Waals surface area (Å²) in [5.74, 6) is -0.0578. The molecule has 1 N–H and O–H groups in total. The number of rotatable bonds is 7. The molecule has 8 nitrogen and oxygen atoms in total. The van der Waals surface area contributed by atoms with E-state index in [1.165, 1.54) is 6.26 Å². The standard InChI is InChI=1S/C24H24N4O4/c1-4-12-28(16(3)22(29)25-17-9-6-5-7-10-17)24(30)18-14-19(20-11-8-13-31-20)26-23-21(18)15(2)27-32-23/h5-11,13-14,16H,4,12H2,1-3H3,(H,25,29)/t16-/m1/s1. The van der Waals surface area contributed by atoms with Gasteiger partial charge in [0.05, 0.1) is 22.9 Å². The van der Waals surface area contributed by atoms with Crippen LogP contribution in [-0.2, 0) is 4.79 Å². The molecule has 3 heterocycles. The van der Waals surface area contributed by atoms with Crippen LogP contribution in [0.3, 0.4) is 0 Å². The summed E-state index contributed by atoms with van der Waals surface area (Å²) in [6.07, 6.45) is 2.23. The number of hydrogen-bond donors (Lipinski definition) is 1. The molecule has 0 saturated carbocycles. The first-order valence-corrected chi connectivity index (χ1v) is 10.5. The SMILES string of the molecule is CCCN(C(=O)c1cc(-c2ccco2)nc2onc(C)c12)[C@H](C)C(=O)Nc1ccccc1. The van der Waals surface area contributed by atoms with E-state index < -0.39 is 6.04 Å². The van der Waals surface area contributed by atoms with E-state index in [4.69, 9.17) is 8.94 Å². The second-order valence-electron chi connectivity index (χ2n) is 7.51. The van der Waals surface area contributed by atoms with E-state index in [1.54, 1.807) is 49.1 Å². The Balaban J connectivity index is 1.71. The zero-order chi connectivity index (χ0) is 22.7. The molecule has 0 saturated heterocycles. The van der Waals surface area contributed by atoms with Gasteiger partial charge in [0.2, 0.25) is 5.91 Å². The van der Waals surface area contributed by atoms with E-state index in [9.17, 15) is 9.59 Å². The highest BCUT2D eigenvalue weighted by Crippen LogP contribution is 2.28. The summed E-state index contributed by atoms with van der Waals surface area (Å²) in [6.45, 7) is 5.85. The van der Waals surface area contributed by atoms with Gasteiger partial charge in [-0.15, -0.1) is 0 Å². The van der Waals surface area contributed by atoms with Gasteiger partial charge in [-0.2, -0.15) is 0 Å². The summed E-state index contributed by atoms with van der Waals surface area (Å²) >= 11 is 0. The number of anilines is 1. The molecule has 0 aliphatic rings. The number of pyridine rings is 1. The number of hydrogen-bond acceptors (Lipinski definition) is 6. The lowest BCUT2D eigenvalue weighted by atomic mass is 10.1. The van der Waals surface area contributed by atoms with Crippen molar-refractivity contribution in [1.29, 1.82) is 0 Å². The Bertz CT molecular complexity index is 1230. The van der Waals surface area contributed by atoms with Crippen LogP contribution < -0.4 is 5.32 Å². The summed E-state index contributed by atoms with van der Waals surface area (Å²) in [5.41, 5.74) is 2.31. The van der Waals surface area contributed by atoms with Crippen LogP contribution in [0, 0.1) is 6.92 Å². The number of para-hydroxylation sites is 1. The molecule has 4 rings (SSSR count). The second kappa shape index (κ2) is 9.05. The van der Waals surface area contributed by atoms with E-state index in [0.29, 0.717) is 46.8 Å². The number of aromatic nitrogens is 2. The molecule has 2 amide bonds. The van der Waals surface area contributed by atoms with E-state index >= 15 is 0 Å². The number of amides is 2. The first-order chi connectivity index (χ1) is 15.5. The largest absolute Gasteiger partial charge is 0.463 e. The van der Waals surface area contributed by atoms with Gasteiger partial charge >= 0.3 is 0 Å². The van der Waals surface area contributed by atoms with Crippen LogP contribution in [0.5, 0.6) is 0 Å². The second-order valence-corrected chi connectivity index (χ2v) is 7.51. The van der Waals surface area contributed by atoms with Gasteiger partial charge in [0.1, 0.15) is 11.7 Å². The lowest BCUT2D eigenvalue weighted by Gasteiger charge is -2.28. The van der Waals surface area contributed by atoms with Crippen molar-refractivity contribution >= 4 is 28.6 Å². The monoisotopic (exact) mass is 432 g/mol. The van der Waals surface area contributed by atoms with E-state index in [0.717, 1.165) is 0 Å². The molecule has 0 aliphatic heterocycles. The molecule has 0 radical (unpaired) electrons. The maximum atomic E-state index is 13.7. The summed E-state index contributed by atoms with van der Waals surface area (Å²) < 4.78 is 10.8. The molecule has 32 heavy (non-hydrogen) atoms. The molecule has 0 unspecified atom stereocenters. The quantitative estimate of drug-likeness (QED) is 0.455. The summed E-state index contributed by atoms with van der Waals surface area (Å²) in [5, 5.41) is 7.39. The predicted octanol–water partition coefficient (Wildman–Crippen LogP) is 4.67. The highest BCUT2D eigenvalue weighted by atomic mass is 16.5. The van der Waals surface area contributed by atoms with Crippen molar-refractivity contribution in [3.63, 3.8) is 0 Å². The number of carbonyl (C=O) groups excluding carboxylic acids is 2. The van der Waals surface area contributed by atoms with Gasteiger partial charge in [0, 0.05) is 12.2 Å². The highest BCUT2D eigenvalue weighted by molar-refractivity contribution is 6.08. The third-order valence-corrected chi connectivity index (χ3v) is 5.23. The minimum atomic E-state index is -0.696. The van der Waals surface area contributed by atoms with Crippen molar-refractivity contribution in [3.8, 4) is 11.5 Å². The molecule has 4 aromatic rings. The minimum absolute atomic E-state index is 0.248. The van der Waals surface area contributed by atoms with Crippen molar-refractivity contribution in [2.24, 2.45) is 0 Å². The Morgan fingerprint density at radius 2 is 1.94 bits per heavy atom. The molecule has 0 spiro atoms.